The van der Waals surface area contributed by atoms with Crippen molar-refractivity contribution in [3.63, 3.8) is 0 Å². The molecule has 0 aliphatic rings. The van der Waals surface area contributed by atoms with Gasteiger partial charge in [-0.3, -0.25) is 10.1 Å². The Balaban J connectivity index is 1.52. The number of hydrogen-bond acceptors (Lipinski definition) is 5. The van der Waals surface area contributed by atoms with Crippen molar-refractivity contribution in [3.05, 3.63) is 72.0 Å². The molecule has 0 aliphatic heterocycles. The molecule has 6 nitrogen and oxygen atoms in total. The predicted octanol–water partition coefficient (Wildman–Crippen LogP) is 5.60. The van der Waals surface area contributed by atoms with Gasteiger partial charge in [-0.05, 0) is 55.5 Å². The van der Waals surface area contributed by atoms with Crippen molar-refractivity contribution in [1.82, 2.24) is 30.1 Å². The zero-order chi connectivity index (χ0) is 20.1. The van der Waals surface area contributed by atoms with Crippen molar-refractivity contribution in [1.29, 1.82) is 0 Å². The number of thiophene rings is 1. The second-order valence-electron chi connectivity index (χ2n) is 7.11. The molecule has 0 amide bonds. The van der Waals surface area contributed by atoms with Crippen LogP contribution in [-0.4, -0.2) is 30.1 Å². The van der Waals surface area contributed by atoms with Crippen LogP contribution in [0.1, 0.15) is 4.88 Å². The van der Waals surface area contributed by atoms with Crippen molar-refractivity contribution in [3.8, 4) is 33.1 Å². The normalized spacial score (nSPS) is 11.5. The number of H-pyrrole nitrogens is 2. The van der Waals surface area contributed by atoms with Crippen LogP contribution < -0.4 is 0 Å². The molecule has 0 fully saturated rings. The third-order valence-corrected chi connectivity index (χ3v) is 6.21. The molecule has 0 unspecified atom stereocenters. The van der Waals surface area contributed by atoms with Crippen LogP contribution in [0, 0.1) is 6.92 Å². The summed E-state index contributed by atoms with van der Waals surface area (Å²) in [5.41, 5.74) is 7.31. The maximum Gasteiger partial charge on any atom is 0.138 e. The number of nitrogens with zero attached hydrogens (tertiary/aromatic N) is 4. The van der Waals surface area contributed by atoms with Crippen LogP contribution in [0.25, 0.3) is 55.2 Å². The number of pyridine rings is 3. The minimum Gasteiger partial charge on any atom is -0.338 e. The van der Waals surface area contributed by atoms with Crippen LogP contribution in [-0.2, 0) is 0 Å². The predicted molar refractivity (Wildman–Crippen MR) is 120 cm³/mol. The van der Waals surface area contributed by atoms with Crippen LogP contribution in [0.3, 0.4) is 0 Å². The molecule has 0 bridgehead atoms. The summed E-state index contributed by atoms with van der Waals surface area (Å²) < 4.78 is 0. The summed E-state index contributed by atoms with van der Waals surface area (Å²) >= 11 is 1.78. The number of fused-ring (bicyclic) bond motifs is 2. The van der Waals surface area contributed by atoms with E-state index in [0.717, 1.165) is 44.7 Å². The monoisotopic (exact) mass is 408 g/mol. The molecule has 0 saturated heterocycles. The first-order valence-corrected chi connectivity index (χ1v) is 10.4. The Kier molecular flexibility index (Phi) is 3.75. The van der Waals surface area contributed by atoms with E-state index >= 15 is 0 Å². The number of aryl methyl sites for hydroxylation is 1. The van der Waals surface area contributed by atoms with Crippen molar-refractivity contribution in [2.75, 3.05) is 0 Å². The Bertz CT molecular complexity index is 1510. The van der Waals surface area contributed by atoms with Gasteiger partial charge in [-0.2, -0.15) is 5.10 Å². The van der Waals surface area contributed by atoms with E-state index in [-0.39, 0.29) is 0 Å². The Morgan fingerprint density at radius 3 is 2.67 bits per heavy atom. The highest BCUT2D eigenvalue weighted by Gasteiger charge is 2.16. The molecule has 7 heteroatoms. The van der Waals surface area contributed by atoms with Gasteiger partial charge >= 0.3 is 0 Å². The van der Waals surface area contributed by atoms with Gasteiger partial charge in [-0.1, -0.05) is 0 Å². The third-order valence-electron chi connectivity index (χ3n) is 5.18. The molecule has 6 heterocycles. The fourth-order valence-corrected chi connectivity index (χ4v) is 4.63. The standard InChI is InChI=1S/C23H16N6S/c1-13-2-5-20(30-13)15-8-11-25-23-16(15)12-19(27-23)22-21-18(28-29-22)4-3-17(26-21)14-6-9-24-10-7-14/h2-12H,1H3,(H,25,27)(H,28,29). The first kappa shape index (κ1) is 17.1. The van der Waals surface area contributed by atoms with Crippen molar-refractivity contribution < 1.29 is 0 Å². The van der Waals surface area contributed by atoms with Gasteiger partial charge in [0, 0.05) is 44.9 Å². The second-order valence-corrected chi connectivity index (χ2v) is 8.40. The van der Waals surface area contributed by atoms with Gasteiger partial charge in [0.15, 0.2) is 0 Å². The lowest BCUT2D eigenvalue weighted by molar-refractivity contribution is 1.12. The summed E-state index contributed by atoms with van der Waals surface area (Å²) in [6.07, 6.45) is 5.39. The molecule has 0 aromatic carbocycles. The van der Waals surface area contributed by atoms with Gasteiger partial charge in [0.25, 0.3) is 0 Å². The van der Waals surface area contributed by atoms with E-state index in [1.807, 2.05) is 30.5 Å². The highest BCUT2D eigenvalue weighted by Crippen LogP contribution is 2.35. The largest absolute Gasteiger partial charge is 0.338 e. The number of aromatic nitrogens is 6. The van der Waals surface area contributed by atoms with Crippen molar-refractivity contribution in [2.24, 2.45) is 0 Å². The van der Waals surface area contributed by atoms with E-state index in [2.05, 4.69) is 56.3 Å². The van der Waals surface area contributed by atoms with E-state index in [9.17, 15) is 0 Å². The Hall–Kier alpha value is -3.84. The van der Waals surface area contributed by atoms with E-state index in [0.29, 0.717) is 0 Å². The molecule has 0 atom stereocenters. The van der Waals surface area contributed by atoms with Gasteiger partial charge in [-0.25, -0.2) is 9.97 Å². The van der Waals surface area contributed by atoms with Crippen LogP contribution >= 0.6 is 11.3 Å². The fraction of sp³-hybridized carbons (Fsp3) is 0.0435. The summed E-state index contributed by atoms with van der Waals surface area (Å²) in [5.74, 6) is 0. The molecular formula is C23H16N6S. The summed E-state index contributed by atoms with van der Waals surface area (Å²) in [7, 11) is 0. The molecule has 144 valence electrons. The first-order valence-electron chi connectivity index (χ1n) is 9.57. The van der Waals surface area contributed by atoms with Gasteiger partial charge in [0.1, 0.15) is 16.9 Å². The van der Waals surface area contributed by atoms with Crippen LogP contribution in [0.4, 0.5) is 0 Å². The number of aromatic amines is 2. The first-order chi connectivity index (χ1) is 14.8. The van der Waals surface area contributed by atoms with Crippen molar-refractivity contribution in [2.45, 2.75) is 6.92 Å². The van der Waals surface area contributed by atoms with E-state index in [1.54, 1.807) is 23.7 Å². The van der Waals surface area contributed by atoms with Crippen molar-refractivity contribution >= 4 is 33.4 Å². The molecule has 6 aromatic rings. The summed E-state index contributed by atoms with van der Waals surface area (Å²) in [5, 5.41) is 8.72. The Morgan fingerprint density at radius 2 is 1.83 bits per heavy atom. The molecule has 2 N–H and O–H groups in total. The lowest BCUT2D eigenvalue weighted by atomic mass is 10.1. The van der Waals surface area contributed by atoms with E-state index < -0.39 is 0 Å². The number of hydrogen-bond donors (Lipinski definition) is 2. The smallest absolute Gasteiger partial charge is 0.138 e. The SMILES string of the molecule is Cc1ccc(-c2ccnc3[nH]c(-c4n[nH]c5ccc(-c6ccncc6)nc45)cc23)s1. The maximum atomic E-state index is 4.88. The van der Waals surface area contributed by atoms with Gasteiger partial charge < -0.3 is 4.98 Å². The third kappa shape index (κ3) is 2.71. The summed E-state index contributed by atoms with van der Waals surface area (Å²) in [4.78, 5) is 19.4. The van der Waals surface area contributed by atoms with Gasteiger partial charge in [-0.15, -0.1) is 11.3 Å². The van der Waals surface area contributed by atoms with E-state index in [4.69, 9.17) is 4.98 Å². The number of nitrogens with one attached hydrogen (secondary N) is 2. The zero-order valence-electron chi connectivity index (χ0n) is 16.0. The summed E-state index contributed by atoms with van der Waals surface area (Å²) in [6, 6.07) is 16.4. The maximum absolute atomic E-state index is 4.88. The van der Waals surface area contributed by atoms with Crippen LogP contribution in [0.5, 0.6) is 0 Å². The van der Waals surface area contributed by atoms with Crippen LogP contribution in [0.15, 0.2) is 67.1 Å². The van der Waals surface area contributed by atoms with Crippen LogP contribution in [0.2, 0.25) is 0 Å². The molecule has 6 aromatic heterocycles. The molecule has 6 rings (SSSR count). The topological polar surface area (TPSA) is 83.1 Å². The molecule has 30 heavy (non-hydrogen) atoms. The van der Waals surface area contributed by atoms with E-state index in [1.165, 1.54) is 15.3 Å². The molecule has 0 spiro atoms. The molecular weight excluding hydrogens is 392 g/mol. The average Bonchev–Trinajstić information content (AvgIpc) is 3.51. The fourth-order valence-electron chi connectivity index (χ4n) is 3.72. The summed E-state index contributed by atoms with van der Waals surface area (Å²) in [6.45, 7) is 2.12. The molecule has 0 saturated carbocycles. The lowest BCUT2D eigenvalue weighted by Crippen LogP contribution is -1.86. The number of rotatable bonds is 3. The molecule has 0 aliphatic carbocycles. The Labute approximate surface area is 175 Å². The minimum atomic E-state index is 0.784. The average molecular weight is 408 g/mol. The Morgan fingerprint density at radius 1 is 0.933 bits per heavy atom. The quantitative estimate of drug-likeness (QED) is 0.399. The van der Waals surface area contributed by atoms with Gasteiger partial charge in [0.05, 0.1) is 16.9 Å². The lowest BCUT2D eigenvalue weighted by Gasteiger charge is -2.00. The molecule has 0 radical (unpaired) electrons. The second kappa shape index (κ2) is 6.60. The highest BCUT2D eigenvalue weighted by molar-refractivity contribution is 7.15. The van der Waals surface area contributed by atoms with Gasteiger partial charge in [0.2, 0.25) is 0 Å². The minimum absolute atomic E-state index is 0.784. The zero-order valence-corrected chi connectivity index (χ0v) is 16.9. The highest BCUT2D eigenvalue weighted by atomic mass is 32.1.